The Balaban J connectivity index is 2.25. The van der Waals surface area contributed by atoms with Crippen molar-refractivity contribution < 1.29 is 0 Å². The maximum absolute atomic E-state index is 5.40. The highest BCUT2D eigenvalue weighted by molar-refractivity contribution is 5.48. The first-order chi connectivity index (χ1) is 6.43. The van der Waals surface area contributed by atoms with Crippen LogP contribution in [0.4, 0.5) is 0 Å². The van der Waals surface area contributed by atoms with E-state index in [0.717, 1.165) is 19.4 Å². The van der Waals surface area contributed by atoms with E-state index in [2.05, 4.69) is 36.4 Å². The zero-order chi connectivity index (χ0) is 9.36. The Bertz CT molecular complexity index is 239. The van der Waals surface area contributed by atoms with E-state index in [0.29, 0.717) is 0 Å². The molecule has 0 amide bonds. The van der Waals surface area contributed by atoms with Gasteiger partial charge in [0.25, 0.3) is 0 Å². The van der Waals surface area contributed by atoms with Crippen LogP contribution in [-0.2, 0) is 0 Å². The summed E-state index contributed by atoms with van der Waals surface area (Å²) in [5.74, 6) is 0. The lowest BCUT2D eigenvalue weighted by Gasteiger charge is -1.93. The molecule has 1 aromatic carbocycles. The zero-order valence-electron chi connectivity index (χ0n) is 7.95. The van der Waals surface area contributed by atoms with Gasteiger partial charge in [0, 0.05) is 0 Å². The fourth-order valence-electron chi connectivity index (χ4n) is 1.19. The van der Waals surface area contributed by atoms with Gasteiger partial charge >= 0.3 is 0 Å². The highest BCUT2D eigenvalue weighted by Gasteiger charge is 1.83. The molecule has 0 saturated carbocycles. The molecule has 0 unspecified atom stereocenters. The smallest absolute Gasteiger partial charge is 0.00772 e. The van der Waals surface area contributed by atoms with E-state index in [1.807, 2.05) is 6.07 Å². The molecular weight excluding hydrogens is 158 g/mol. The molecule has 1 nitrogen and oxygen atoms in total. The van der Waals surface area contributed by atoms with Gasteiger partial charge in [-0.1, -0.05) is 42.5 Å². The van der Waals surface area contributed by atoms with Crippen molar-refractivity contribution in [3.63, 3.8) is 0 Å². The predicted molar refractivity (Wildman–Crippen MR) is 58.4 cm³/mol. The molecule has 0 radical (unpaired) electrons. The van der Waals surface area contributed by atoms with Crippen LogP contribution < -0.4 is 5.73 Å². The molecule has 0 aliphatic heterocycles. The molecule has 0 heterocycles. The molecule has 0 spiro atoms. The third-order valence-corrected chi connectivity index (χ3v) is 1.93. The van der Waals surface area contributed by atoms with Crippen LogP contribution in [-0.4, -0.2) is 6.54 Å². The van der Waals surface area contributed by atoms with Crippen LogP contribution in [0.15, 0.2) is 36.4 Å². The Kier molecular flexibility index (Phi) is 4.95. The molecule has 0 atom stereocenters. The molecule has 0 aromatic heterocycles. The number of unbranched alkanes of at least 4 members (excludes halogenated alkanes) is 2. The lowest BCUT2D eigenvalue weighted by molar-refractivity contribution is 0.760. The summed E-state index contributed by atoms with van der Waals surface area (Å²) in [7, 11) is 0. The van der Waals surface area contributed by atoms with E-state index in [1.54, 1.807) is 0 Å². The van der Waals surface area contributed by atoms with Crippen molar-refractivity contribution in [3.8, 4) is 0 Å². The van der Waals surface area contributed by atoms with E-state index in [4.69, 9.17) is 5.73 Å². The number of hydrogen-bond donors (Lipinski definition) is 1. The summed E-state index contributed by atoms with van der Waals surface area (Å²) in [5.41, 5.74) is 6.67. The molecule has 0 aliphatic rings. The maximum atomic E-state index is 5.40. The zero-order valence-corrected chi connectivity index (χ0v) is 7.95. The average molecular weight is 175 g/mol. The number of rotatable bonds is 5. The third-order valence-electron chi connectivity index (χ3n) is 1.93. The van der Waals surface area contributed by atoms with Crippen LogP contribution in [0.25, 0.3) is 6.08 Å². The molecule has 1 aromatic rings. The summed E-state index contributed by atoms with van der Waals surface area (Å²) in [4.78, 5) is 0. The standard InChI is InChI=1S/C12H17N/c13-11-7-2-1-4-8-12-9-5-3-6-10-12/h3-6,8-10H,1-2,7,11,13H2. The van der Waals surface area contributed by atoms with Crippen LogP contribution in [0.1, 0.15) is 24.8 Å². The topological polar surface area (TPSA) is 26.0 Å². The van der Waals surface area contributed by atoms with E-state index < -0.39 is 0 Å². The summed E-state index contributed by atoms with van der Waals surface area (Å²) >= 11 is 0. The van der Waals surface area contributed by atoms with Crippen LogP contribution in [0.3, 0.4) is 0 Å². The number of nitrogens with two attached hydrogens (primary N) is 1. The molecule has 0 aliphatic carbocycles. The Hall–Kier alpha value is -1.08. The van der Waals surface area contributed by atoms with Gasteiger partial charge in [-0.25, -0.2) is 0 Å². The average Bonchev–Trinajstić information content (AvgIpc) is 2.19. The highest BCUT2D eigenvalue weighted by atomic mass is 14.5. The molecular formula is C12H17N. The first kappa shape index (κ1) is 10.0. The van der Waals surface area contributed by atoms with E-state index in [1.165, 1.54) is 12.0 Å². The second-order valence-electron chi connectivity index (χ2n) is 3.10. The number of hydrogen-bond acceptors (Lipinski definition) is 1. The third kappa shape index (κ3) is 4.48. The number of allylic oxidation sites excluding steroid dienone is 1. The van der Waals surface area contributed by atoms with Crippen LogP contribution in [0.2, 0.25) is 0 Å². The fourth-order valence-corrected chi connectivity index (χ4v) is 1.19. The van der Waals surface area contributed by atoms with Gasteiger partial charge in [-0.05, 0) is 31.4 Å². The van der Waals surface area contributed by atoms with Crippen molar-refractivity contribution in [1.29, 1.82) is 0 Å². The van der Waals surface area contributed by atoms with Gasteiger partial charge in [0.05, 0.1) is 0 Å². The molecule has 2 N–H and O–H groups in total. The van der Waals surface area contributed by atoms with Crippen LogP contribution >= 0.6 is 0 Å². The predicted octanol–water partition coefficient (Wildman–Crippen LogP) is 2.83. The summed E-state index contributed by atoms with van der Waals surface area (Å²) in [6, 6.07) is 10.4. The van der Waals surface area contributed by atoms with Crippen molar-refractivity contribution in [2.45, 2.75) is 19.3 Å². The summed E-state index contributed by atoms with van der Waals surface area (Å²) in [5, 5.41) is 0. The summed E-state index contributed by atoms with van der Waals surface area (Å²) in [6.07, 6.45) is 7.83. The largest absolute Gasteiger partial charge is 0.330 e. The number of benzene rings is 1. The summed E-state index contributed by atoms with van der Waals surface area (Å²) < 4.78 is 0. The molecule has 0 saturated heterocycles. The van der Waals surface area contributed by atoms with E-state index >= 15 is 0 Å². The van der Waals surface area contributed by atoms with Gasteiger partial charge in [-0.3, -0.25) is 0 Å². The Morgan fingerprint density at radius 1 is 1.08 bits per heavy atom. The Labute approximate surface area is 80.3 Å². The highest BCUT2D eigenvalue weighted by Crippen LogP contribution is 2.03. The first-order valence-electron chi connectivity index (χ1n) is 4.85. The van der Waals surface area contributed by atoms with E-state index in [9.17, 15) is 0 Å². The molecule has 0 bridgehead atoms. The molecule has 1 rings (SSSR count). The normalized spacial score (nSPS) is 10.8. The first-order valence-corrected chi connectivity index (χ1v) is 4.85. The van der Waals surface area contributed by atoms with Gasteiger partial charge in [0.2, 0.25) is 0 Å². The van der Waals surface area contributed by atoms with E-state index in [-0.39, 0.29) is 0 Å². The second kappa shape index (κ2) is 6.44. The van der Waals surface area contributed by atoms with Crippen molar-refractivity contribution in [2.24, 2.45) is 5.73 Å². The molecule has 1 heteroatoms. The maximum Gasteiger partial charge on any atom is -0.00772 e. The van der Waals surface area contributed by atoms with Crippen molar-refractivity contribution in [2.75, 3.05) is 6.54 Å². The Morgan fingerprint density at radius 3 is 2.54 bits per heavy atom. The van der Waals surface area contributed by atoms with Gasteiger partial charge in [0.15, 0.2) is 0 Å². The second-order valence-corrected chi connectivity index (χ2v) is 3.10. The molecule has 70 valence electrons. The lowest BCUT2D eigenvalue weighted by Crippen LogP contribution is -1.96. The van der Waals surface area contributed by atoms with Gasteiger partial charge in [0.1, 0.15) is 0 Å². The molecule has 0 fully saturated rings. The Morgan fingerprint density at radius 2 is 1.85 bits per heavy atom. The lowest BCUT2D eigenvalue weighted by atomic mass is 10.1. The SMILES string of the molecule is NCCCCC=Cc1ccccc1. The van der Waals surface area contributed by atoms with Crippen molar-refractivity contribution >= 4 is 6.08 Å². The van der Waals surface area contributed by atoms with Gasteiger partial charge in [-0.2, -0.15) is 0 Å². The van der Waals surface area contributed by atoms with Crippen molar-refractivity contribution in [3.05, 3.63) is 42.0 Å². The minimum absolute atomic E-state index is 0.805. The van der Waals surface area contributed by atoms with Crippen LogP contribution in [0.5, 0.6) is 0 Å². The minimum atomic E-state index is 0.805. The summed E-state index contributed by atoms with van der Waals surface area (Å²) in [6.45, 7) is 0.805. The van der Waals surface area contributed by atoms with Gasteiger partial charge < -0.3 is 5.73 Å². The minimum Gasteiger partial charge on any atom is -0.330 e. The van der Waals surface area contributed by atoms with Gasteiger partial charge in [-0.15, -0.1) is 0 Å². The monoisotopic (exact) mass is 175 g/mol. The quantitative estimate of drug-likeness (QED) is 0.684. The molecule has 13 heavy (non-hydrogen) atoms. The fraction of sp³-hybridized carbons (Fsp3) is 0.333. The van der Waals surface area contributed by atoms with Crippen LogP contribution in [0, 0.1) is 0 Å². The van der Waals surface area contributed by atoms with Crippen molar-refractivity contribution in [1.82, 2.24) is 0 Å².